The predicted molar refractivity (Wildman–Crippen MR) is 40.6 cm³/mol. The second kappa shape index (κ2) is 6.46. The van der Waals surface area contributed by atoms with E-state index in [2.05, 4.69) is 5.73 Å². The Labute approximate surface area is 78.8 Å². The van der Waals surface area contributed by atoms with Crippen LogP contribution >= 0.6 is 11.8 Å². The van der Waals surface area contributed by atoms with E-state index in [0.717, 1.165) is 17.1 Å². The summed E-state index contributed by atoms with van der Waals surface area (Å²) < 4.78 is 0. The predicted octanol–water partition coefficient (Wildman–Crippen LogP) is -4.54. The van der Waals surface area contributed by atoms with Crippen molar-refractivity contribution in [2.75, 3.05) is 5.75 Å². The number of quaternary nitrogens is 2. The van der Waals surface area contributed by atoms with E-state index in [4.69, 9.17) is 0 Å². The average Bonchev–Trinajstić information content (AvgIpc) is 2.02. The Balaban J connectivity index is 3.50. The molecule has 6 nitrogen and oxygen atoms in total. The van der Waals surface area contributed by atoms with E-state index >= 15 is 0 Å². The maximum Gasteiger partial charge on any atom is 0.258 e. The van der Waals surface area contributed by atoms with E-state index in [1.165, 1.54) is 11.6 Å². The zero-order valence-corrected chi connectivity index (χ0v) is 7.58. The molecule has 1 unspecified atom stereocenters. The molecular formula is C6H10N2O4S. The molecule has 0 rings (SSSR count). The van der Waals surface area contributed by atoms with Gasteiger partial charge in [-0.3, -0.25) is 5.32 Å². The van der Waals surface area contributed by atoms with Crippen LogP contribution < -0.4 is 21.3 Å². The summed E-state index contributed by atoms with van der Waals surface area (Å²) in [7, 11) is 0. The molecule has 0 bridgehead atoms. The van der Waals surface area contributed by atoms with Gasteiger partial charge < -0.3 is 25.5 Å². The molecule has 0 radical (unpaired) electrons. The van der Waals surface area contributed by atoms with E-state index in [1.54, 1.807) is 0 Å². The van der Waals surface area contributed by atoms with E-state index in [0.29, 0.717) is 0 Å². The van der Waals surface area contributed by atoms with Crippen molar-refractivity contribution in [3.8, 4) is 0 Å². The minimum absolute atomic E-state index is 0.250. The highest BCUT2D eigenvalue weighted by Gasteiger charge is 2.04. The van der Waals surface area contributed by atoms with E-state index in [1.807, 2.05) is 0 Å². The maximum absolute atomic E-state index is 10.1. The van der Waals surface area contributed by atoms with Gasteiger partial charge in [0.15, 0.2) is 0 Å². The topological polar surface area (TPSA) is 125 Å². The number of carboxylic acid groups (broad SMARTS) is 2. The molecule has 0 aliphatic rings. The molecule has 0 fully saturated rings. The van der Waals surface area contributed by atoms with Gasteiger partial charge in [-0.1, -0.05) is 0 Å². The highest BCUT2D eigenvalue weighted by molar-refractivity contribution is 8.02. The second-order valence-electron chi connectivity index (χ2n) is 2.16. The summed E-state index contributed by atoms with van der Waals surface area (Å²) in [5.41, 5.74) is 3.31. The van der Waals surface area contributed by atoms with E-state index < -0.39 is 18.1 Å². The number of primary amides is 1. The first kappa shape index (κ1) is 11.9. The number of thioether (sulfide) groups is 1. The molecule has 7 heteroatoms. The molecule has 0 aliphatic heterocycles. The first-order valence-corrected chi connectivity index (χ1v) is 4.45. The van der Waals surface area contributed by atoms with Crippen molar-refractivity contribution < 1.29 is 30.9 Å². The van der Waals surface area contributed by atoms with Crippen molar-refractivity contribution in [2.45, 2.75) is 6.04 Å². The average molecular weight is 206 g/mol. The van der Waals surface area contributed by atoms with Crippen molar-refractivity contribution in [3.05, 3.63) is 11.6 Å². The van der Waals surface area contributed by atoms with Gasteiger partial charge >= 0.3 is 0 Å². The monoisotopic (exact) mass is 206 g/mol. The normalized spacial score (nSPS) is 13.0. The van der Waals surface area contributed by atoms with Gasteiger partial charge in [0.1, 0.15) is 12.2 Å². The molecule has 74 valence electrons. The lowest BCUT2D eigenvalue weighted by Gasteiger charge is -2.05. The number of carbonyl (C=O) groups excluding carboxylic acids is 2. The number of nitrogens with two attached hydrogens (primary N) is 1. The lowest BCUT2D eigenvalue weighted by atomic mass is 10.4. The molecule has 5 N–H and O–H groups in total. The fourth-order valence-corrected chi connectivity index (χ4v) is 1.08. The van der Waals surface area contributed by atoms with Gasteiger partial charge in [-0.25, -0.2) is 0 Å². The number of hydrogen-bond donors (Lipinski definition) is 2. The Bertz CT molecular complexity index is 219. The fourth-order valence-electron chi connectivity index (χ4n) is 0.413. The molecule has 13 heavy (non-hydrogen) atoms. The van der Waals surface area contributed by atoms with Crippen LogP contribution in [0.25, 0.3) is 0 Å². The Morgan fingerprint density at radius 1 is 1.54 bits per heavy atom. The number of carbonyl (C=O) groups is 2. The van der Waals surface area contributed by atoms with Crippen LogP contribution in [0.5, 0.6) is 0 Å². The first-order valence-electron chi connectivity index (χ1n) is 3.40. The Morgan fingerprint density at radius 3 is 2.62 bits per heavy atom. The number of hydrogen-bond acceptors (Lipinski definition) is 5. The van der Waals surface area contributed by atoms with Crippen molar-refractivity contribution in [2.24, 2.45) is 0 Å². The highest BCUT2D eigenvalue weighted by atomic mass is 32.2. The summed E-state index contributed by atoms with van der Waals surface area (Å²) in [6.07, 6.45) is -0.0231. The van der Waals surface area contributed by atoms with Gasteiger partial charge in [-0.05, 0) is 0 Å². The van der Waals surface area contributed by atoms with Crippen LogP contribution in [0.4, 0.5) is 4.79 Å². The molecular weight excluding hydrogens is 196 g/mol. The maximum atomic E-state index is 10.1. The molecule has 0 aromatic heterocycles. The van der Waals surface area contributed by atoms with Gasteiger partial charge in [0.2, 0.25) is 0 Å². The third kappa shape index (κ3) is 7.32. The minimum atomic E-state index is -1.29. The van der Waals surface area contributed by atoms with E-state index in [9.17, 15) is 19.8 Å². The van der Waals surface area contributed by atoms with Gasteiger partial charge in [0, 0.05) is 5.41 Å². The largest absolute Gasteiger partial charge is 0.544 e. The van der Waals surface area contributed by atoms with Gasteiger partial charge in [0.05, 0.1) is 11.7 Å². The third-order valence-electron chi connectivity index (χ3n) is 1.04. The van der Waals surface area contributed by atoms with Crippen molar-refractivity contribution in [1.82, 2.24) is 0 Å². The Hall–Kier alpha value is -1.05. The van der Waals surface area contributed by atoms with Crippen molar-refractivity contribution in [1.29, 1.82) is 0 Å². The molecule has 0 aromatic carbocycles. The molecule has 0 spiro atoms. The fraction of sp³-hybridized carbons (Fsp3) is 0.333. The molecule has 0 saturated heterocycles. The summed E-state index contributed by atoms with van der Waals surface area (Å²) >= 11 is 1.15. The lowest BCUT2D eigenvalue weighted by molar-refractivity contribution is -0.559. The number of rotatable bonds is 5. The van der Waals surface area contributed by atoms with Gasteiger partial charge in [0.25, 0.3) is 6.09 Å². The lowest BCUT2D eigenvalue weighted by Crippen LogP contribution is -2.86. The molecule has 1 amide bonds. The first-order chi connectivity index (χ1) is 6.04. The van der Waals surface area contributed by atoms with Crippen LogP contribution in [-0.2, 0) is 4.79 Å². The van der Waals surface area contributed by atoms with Gasteiger partial charge in [-0.2, -0.15) is 0 Å². The van der Waals surface area contributed by atoms with Crippen molar-refractivity contribution >= 4 is 23.8 Å². The number of amides is 1. The minimum Gasteiger partial charge on any atom is -0.544 e. The Kier molecular flexibility index (Phi) is 5.94. The van der Waals surface area contributed by atoms with Crippen LogP contribution in [-0.4, -0.2) is 23.9 Å². The smallest absolute Gasteiger partial charge is 0.258 e. The zero-order chi connectivity index (χ0) is 10.3. The number of aliphatic carboxylic acids is 1. The van der Waals surface area contributed by atoms with Crippen LogP contribution in [0.15, 0.2) is 11.6 Å². The number of carboxylic acids is 1. The van der Waals surface area contributed by atoms with Crippen LogP contribution in [0, 0.1) is 0 Å². The van der Waals surface area contributed by atoms with Crippen molar-refractivity contribution in [3.63, 3.8) is 0 Å². The van der Waals surface area contributed by atoms with E-state index in [-0.39, 0.29) is 5.75 Å². The summed E-state index contributed by atoms with van der Waals surface area (Å²) in [6, 6.07) is -0.794. The summed E-state index contributed by atoms with van der Waals surface area (Å²) in [4.78, 5) is 20.0. The summed E-state index contributed by atoms with van der Waals surface area (Å²) in [5, 5.41) is 22.3. The molecule has 0 saturated carbocycles. The van der Waals surface area contributed by atoms with Crippen LogP contribution in [0.3, 0.4) is 0 Å². The Morgan fingerprint density at radius 2 is 2.15 bits per heavy atom. The standard InChI is InChI=1S/C6H10N2O4S/c7-4(5(9)10)3-13-2-1-8-6(11)12/h1-2,4,8H,3,7H2,(H,9,10)(H,11,12)/b2-1+. The summed E-state index contributed by atoms with van der Waals surface area (Å²) in [5.74, 6) is -0.968. The highest BCUT2D eigenvalue weighted by Crippen LogP contribution is 2.00. The third-order valence-corrected chi connectivity index (χ3v) is 1.98. The SMILES string of the molecule is [NH3+]C(CS/C=C/[NH2+]C(=O)[O-])C(=O)[O-]. The summed E-state index contributed by atoms with van der Waals surface area (Å²) in [6.45, 7) is 0. The molecule has 0 aliphatic carbocycles. The van der Waals surface area contributed by atoms with Crippen LogP contribution in [0.1, 0.15) is 0 Å². The zero-order valence-electron chi connectivity index (χ0n) is 6.76. The quantitative estimate of drug-likeness (QED) is 0.468. The molecule has 0 heterocycles. The second-order valence-corrected chi connectivity index (χ2v) is 3.10. The van der Waals surface area contributed by atoms with Crippen LogP contribution in [0.2, 0.25) is 0 Å². The van der Waals surface area contributed by atoms with Gasteiger partial charge in [-0.15, -0.1) is 11.8 Å². The molecule has 0 aromatic rings. The molecule has 1 atom stereocenters.